The number of rotatable bonds is 4. The summed E-state index contributed by atoms with van der Waals surface area (Å²) in [6.45, 7) is 0. The number of hydrogen-bond donors (Lipinski definition) is 0. The molecule has 36 heavy (non-hydrogen) atoms. The predicted molar refractivity (Wildman–Crippen MR) is 89.7 cm³/mol. The minimum Gasteiger partial charge on any atom is -0.203 e. The zero-order valence-electron chi connectivity index (χ0n) is 16.2. The Morgan fingerprint density at radius 3 is 0.750 bits per heavy atom. The van der Waals surface area contributed by atoms with Gasteiger partial charge in [-0.3, -0.25) is 0 Å². The first-order valence-electron chi connectivity index (χ1n) is 8.62. The van der Waals surface area contributed by atoms with Crippen molar-refractivity contribution in [1.29, 1.82) is 0 Å². The maximum absolute atomic E-state index is 16.3. The van der Waals surface area contributed by atoms with E-state index in [1.54, 1.807) is 0 Å². The van der Waals surface area contributed by atoms with Crippen molar-refractivity contribution in [3.63, 3.8) is 0 Å². The van der Waals surface area contributed by atoms with E-state index < -0.39 is 117 Å². The second kappa shape index (κ2) is 9.12. The van der Waals surface area contributed by atoms with Gasteiger partial charge in [-0.1, -0.05) is 4.20 Å². The fourth-order valence-electron chi connectivity index (χ4n) is 3.09. The number of halogens is 16. The molecule has 0 heterocycles. The summed E-state index contributed by atoms with van der Waals surface area (Å²) in [5, 5.41) is -5.91. The normalized spacial score (nSPS) is 12.0. The van der Waals surface area contributed by atoms with Crippen molar-refractivity contribution in [2.75, 3.05) is 0 Å². The Hall–Kier alpha value is -3.03. The molecule has 0 nitrogen and oxygen atoms in total. The van der Waals surface area contributed by atoms with Crippen molar-refractivity contribution in [3.8, 4) is 0 Å². The monoisotopic (exact) mass is 565 g/mol. The summed E-state index contributed by atoms with van der Waals surface area (Å²) in [5.74, 6) is -45.9. The Morgan fingerprint density at radius 1 is 0.306 bits per heavy atom. The first kappa shape index (κ1) is 27.6. The molecule has 0 atom stereocenters. The number of hydrogen-bond acceptors (Lipinski definition) is 0. The highest BCUT2D eigenvalue weighted by molar-refractivity contribution is 7.84. The summed E-state index contributed by atoms with van der Waals surface area (Å²) < 4.78 is 224. The minimum atomic E-state index is -7.03. The van der Waals surface area contributed by atoms with E-state index in [-0.39, 0.29) is 0 Å². The molecule has 0 bridgehead atoms. The zero-order chi connectivity index (χ0) is 27.6. The molecule has 0 aliphatic carbocycles. The molecule has 194 valence electrons. The van der Waals surface area contributed by atoms with Crippen molar-refractivity contribution in [2.45, 2.75) is 6.16 Å². The Balaban J connectivity index is 2.58. The van der Waals surface area contributed by atoms with Crippen LogP contribution < -0.4 is 10.6 Å². The topological polar surface area (TPSA) is 0 Å². The van der Waals surface area contributed by atoms with E-state index in [4.69, 9.17) is 0 Å². The predicted octanol–water partition coefficient (Wildman–Crippen LogP) is 6.83. The Morgan fingerprint density at radius 2 is 0.500 bits per heavy atom. The van der Waals surface area contributed by atoms with Crippen molar-refractivity contribution in [3.05, 3.63) is 92.8 Å². The largest absolute Gasteiger partial charge is 0.283 e. The molecule has 0 saturated heterocycles. The van der Waals surface area contributed by atoms with Gasteiger partial charge in [-0.05, 0) is 0 Å². The fraction of sp³-hybridized carbons (Fsp3) is 0.0526. The molecule has 0 unspecified atom stereocenters. The maximum atomic E-state index is 16.3. The third-order valence-corrected chi connectivity index (χ3v) is 7.71. The smallest absolute Gasteiger partial charge is 0.203 e. The Bertz CT molecular complexity index is 1280. The molecular weight excluding hydrogens is 563 g/mol. The summed E-state index contributed by atoms with van der Waals surface area (Å²) in [4.78, 5) is 0. The standard InChI is InChI=1S/C19H2F16P/c20-3-2(4(21)6(23)7(24)5(3)22)1-36(35,18-14(31)10(27)8(25)11(28)15(18)32)19-16(33)12(29)9(26)13(30)17(19)34/h1H2/q+1. The molecule has 0 saturated carbocycles. The molecule has 0 N–H and O–H groups in total. The van der Waals surface area contributed by atoms with E-state index in [2.05, 4.69) is 0 Å². The van der Waals surface area contributed by atoms with Crippen LogP contribution in [0.4, 0.5) is 70.1 Å². The van der Waals surface area contributed by atoms with Crippen molar-refractivity contribution in [1.82, 2.24) is 0 Å². The lowest BCUT2D eigenvalue weighted by molar-refractivity contribution is 0.372. The SMILES string of the molecule is Fc1c(F)c(F)c(C[P+](F)(c2c(F)c(F)c(F)c(F)c2F)c2c(F)c(F)c(F)c(F)c2F)c(F)c1F. The molecule has 3 aromatic rings. The van der Waals surface area contributed by atoms with Gasteiger partial charge in [0.15, 0.2) is 23.3 Å². The van der Waals surface area contributed by atoms with E-state index >= 15 is 4.20 Å². The molecule has 0 aliphatic heterocycles. The van der Waals surface area contributed by atoms with Gasteiger partial charge in [0.1, 0.15) is 6.16 Å². The minimum absolute atomic E-state index is 2.46. The van der Waals surface area contributed by atoms with Gasteiger partial charge in [-0.2, -0.15) is 17.6 Å². The lowest BCUT2D eigenvalue weighted by Crippen LogP contribution is -2.34. The summed E-state index contributed by atoms with van der Waals surface area (Å²) in [5.41, 5.74) is -2.46. The molecule has 0 amide bonds. The molecule has 0 spiro atoms. The summed E-state index contributed by atoms with van der Waals surface area (Å²) >= 11 is 0. The van der Waals surface area contributed by atoms with Crippen LogP contribution in [-0.4, -0.2) is 0 Å². The van der Waals surface area contributed by atoms with E-state index in [9.17, 15) is 65.9 Å². The highest BCUT2D eigenvalue weighted by Crippen LogP contribution is 2.64. The van der Waals surface area contributed by atoms with Gasteiger partial charge in [-0.15, -0.1) is 0 Å². The fourth-order valence-corrected chi connectivity index (χ4v) is 5.98. The van der Waals surface area contributed by atoms with E-state index in [0.717, 1.165) is 0 Å². The van der Waals surface area contributed by atoms with Crippen molar-refractivity contribution < 1.29 is 70.1 Å². The van der Waals surface area contributed by atoms with Crippen LogP contribution in [0.15, 0.2) is 0 Å². The van der Waals surface area contributed by atoms with Gasteiger partial charge in [0, 0.05) is 0 Å². The van der Waals surface area contributed by atoms with Gasteiger partial charge < -0.3 is 0 Å². The van der Waals surface area contributed by atoms with Crippen LogP contribution in [0, 0.1) is 87.3 Å². The van der Waals surface area contributed by atoms with Gasteiger partial charge in [-0.25, -0.2) is 48.3 Å². The lowest BCUT2D eigenvalue weighted by atomic mass is 10.2. The summed E-state index contributed by atoms with van der Waals surface area (Å²) in [7, 11) is -7.03. The Labute approximate surface area is 188 Å². The van der Waals surface area contributed by atoms with Crippen molar-refractivity contribution >= 4 is 18.2 Å². The van der Waals surface area contributed by atoms with Crippen LogP contribution in [0.3, 0.4) is 0 Å². The molecule has 3 rings (SSSR count). The molecule has 0 radical (unpaired) electrons. The van der Waals surface area contributed by atoms with Crippen LogP contribution in [-0.2, 0) is 6.16 Å². The Kier molecular flexibility index (Phi) is 6.98. The van der Waals surface area contributed by atoms with Crippen LogP contribution in [0.5, 0.6) is 0 Å². The molecular formula is C19H2F16P+. The van der Waals surface area contributed by atoms with Crippen LogP contribution in [0.1, 0.15) is 5.56 Å². The second-order valence-corrected chi connectivity index (χ2v) is 9.40. The molecule has 0 aliphatic rings. The molecule has 0 fully saturated rings. The third kappa shape index (κ3) is 3.76. The van der Waals surface area contributed by atoms with Crippen LogP contribution in [0.25, 0.3) is 0 Å². The summed E-state index contributed by atoms with van der Waals surface area (Å²) in [6, 6.07) is 0. The van der Waals surface area contributed by atoms with Gasteiger partial charge >= 0.3 is 0 Å². The van der Waals surface area contributed by atoms with Crippen LogP contribution in [0.2, 0.25) is 0 Å². The first-order valence-corrected chi connectivity index (χ1v) is 10.5. The van der Waals surface area contributed by atoms with E-state index in [1.807, 2.05) is 0 Å². The zero-order valence-corrected chi connectivity index (χ0v) is 17.1. The average molecular weight is 565 g/mol. The summed E-state index contributed by atoms with van der Waals surface area (Å²) in [6.07, 6.45) is -2.81. The quantitative estimate of drug-likeness (QED) is 0.141. The highest BCUT2D eigenvalue weighted by Gasteiger charge is 2.59. The molecule has 17 heteroatoms. The van der Waals surface area contributed by atoms with Crippen LogP contribution >= 0.6 is 7.57 Å². The van der Waals surface area contributed by atoms with Gasteiger partial charge in [0.05, 0.1) is 5.56 Å². The van der Waals surface area contributed by atoms with Gasteiger partial charge in [0.25, 0.3) is 7.57 Å². The average Bonchev–Trinajstić information content (AvgIpc) is 2.84. The second-order valence-electron chi connectivity index (χ2n) is 6.76. The highest BCUT2D eigenvalue weighted by atomic mass is 31.2. The number of benzene rings is 3. The van der Waals surface area contributed by atoms with Gasteiger partial charge in [0.2, 0.25) is 74.6 Å². The van der Waals surface area contributed by atoms with E-state index in [1.165, 1.54) is 0 Å². The lowest BCUT2D eigenvalue weighted by Gasteiger charge is -2.21. The molecule has 3 aromatic carbocycles. The third-order valence-electron chi connectivity index (χ3n) is 4.76. The first-order chi connectivity index (χ1) is 16.5. The van der Waals surface area contributed by atoms with E-state index in [0.29, 0.717) is 0 Å². The van der Waals surface area contributed by atoms with Crippen molar-refractivity contribution in [2.24, 2.45) is 0 Å². The molecule has 0 aromatic heterocycles. The maximum Gasteiger partial charge on any atom is 0.283 e.